The highest BCUT2D eigenvalue weighted by atomic mass is 32.1. The van der Waals surface area contributed by atoms with Crippen LogP contribution in [0.2, 0.25) is 0 Å². The molecule has 7 heteroatoms. The van der Waals surface area contributed by atoms with Gasteiger partial charge in [0.1, 0.15) is 10.7 Å². The first-order chi connectivity index (χ1) is 13.1. The average Bonchev–Trinajstić information content (AvgIpc) is 3.12. The minimum atomic E-state index is -0.0768. The normalized spacial score (nSPS) is 16.0. The Bertz CT molecular complexity index is 710. The predicted octanol–water partition coefficient (Wildman–Crippen LogP) is 1.75. The lowest BCUT2D eigenvalue weighted by atomic mass is 10.2. The van der Waals surface area contributed by atoms with Gasteiger partial charge in [-0.05, 0) is 19.7 Å². The number of rotatable bonds is 8. The van der Waals surface area contributed by atoms with Crippen LogP contribution in [0.25, 0.3) is 0 Å². The van der Waals surface area contributed by atoms with Crippen LogP contribution in [0.5, 0.6) is 0 Å². The number of carbonyl (C=O) groups is 1. The third-order valence-electron chi connectivity index (χ3n) is 4.70. The van der Waals surface area contributed by atoms with Gasteiger partial charge in [-0.15, -0.1) is 11.3 Å². The largest absolute Gasteiger partial charge is 0.349 e. The van der Waals surface area contributed by atoms with Crippen LogP contribution in [0.15, 0.2) is 35.7 Å². The first-order valence-electron chi connectivity index (χ1n) is 9.46. The highest BCUT2D eigenvalue weighted by Gasteiger charge is 2.19. The van der Waals surface area contributed by atoms with E-state index in [1.54, 1.807) is 11.3 Å². The van der Waals surface area contributed by atoms with E-state index < -0.39 is 0 Å². The van der Waals surface area contributed by atoms with Gasteiger partial charge in [-0.2, -0.15) is 0 Å². The van der Waals surface area contributed by atoms with Crippen molar-refractivity contribution in [2.45, 2.75) is 13.1 Å². The summed E-state index contributed by atoms with van der Waals surface area (Å²) in [6.45, 7) is 7.53. The molecule has 0 saturated carbocycles. The van der Waals surface area contributed by atoms with Gasteiger partial charge in [0.2, 0.25) is 0 Å². The van der Waals surface area contributed by atoms with Crippen molar-refractivity contribution in [1.82, 2.24) is 25.0 Å². The molecule has 1 aliphatic rings. The molecule has 1 saturated heterocycles. The number of nitrogens with one attached hydrogen (secondary N) is 1. The number of amides is 1. The summed E-state index contributed by atoms with van der Waals surface area (Å²) in [6, 6.07) is 10.6. The molecule has 1 fully saturated rings. The van der Waals surface area contributed by atoms with Crippen molar-refractivity contribution >= 4 is 17.2 Å². The molecule has 2 heterocycles. The van der Waals surface area contributed by atoms with E-state index in [2.05, 4.69) is 50.4 Å². The molecule has 146 valence electrons. The zero-order valence-electron chi connectivity index (χ0n) is 16.2. The molecule has 0 atom stereocenters. The van der Waals surface area contributed by atoms with Crippen LogP contribution in [0, 0.1) is 0 Å². The highest BCUT2D eigenvalue weighted by molar-refractivity contribution is 7.09. The fourth-order valence-electron chi connectivity index (χ4n) is 3.11. The summed E-state index contributed by atoms with van der Waals surface area (Å²) in [5.41, 5.74) is 1.91. The molecule has 0 bridgehead atoms. The van der Waals surface area contributed by atoms with E-state index in [0.29, 0.717) is 12.2 Å². The van der Waals surface area contributed by atoms with E-state index in [1.165, 1.54) is 5.56 Å². The molecule has 1 aromatic heterocycles. The number of aromatic nitrogens is 1. The molecule has 1 aromatic carbocycles. The fraction of sp³-hybridized carbons (Fsp3) is 0.500. The first-order valence-corrected chi connectivity index (χ1v) is 10.3. The summed E-state index contributed by atoms with van der Waals surface area (Å²) in [5, 5.41) is 5.80. The molecule has 3 rings (SSSR count). The summed E-state index contributed by atoms with van der Waals surface area (Å²) < 4.78 is 0. The van der Waals surface area contributed by atoms with Crippen LogP contribution in [0.1, 0.15) is 21.1 Å². The molecule has 0 radical (unpaired) electrons. The van der Waals surface area contributed by atoms with Gasteiger partial charge in [-0.25, -0.2) is 4.98 Å². The molecule has 27 heavy (non-hydrogen) atoms. The number of nitrogens with zero attached hydrogens (tertiary/aromatic N) is 4. The third-order valence-corrected chi connectivity index (χ3v) is 5.54. The zero-order chi connectivity index (χ0) is 19.1. The third kappa shape index (κ3) is 6.39. The maximum atomic E-state index is 12.1. The summed E-state index contributed by atoms with van der Waals surface area (Å²) >= 11 is 1.58. The van der Waals surface area contributed by atoms with Gasteiger partial charge in [0.25, 0.3) is 5.91 Å². The summed E-state index contributed by atoms with van der Waals surface area (Å²) in [6.07, 6.45) is 0. The van der Waals surface area contributed by atoms with Gasteiger partial charge in [-0.1, -0.05) is 30.3 Å². The van der Waals surface area contributed by atoms with E-state index in [-0.39, 0.29) is 5.91 Å². The lowest BCUT2D eigenvalue weighted by Gasteiger charge is -2.34. The maximum Gasteiger partial charge on any atom is 0.270 e. The Hall–Kier alpha value is -1.80. The molecule has 1 amide bonds. The van der Waals surface area contributed by atoms with Crippen LogP contribution in [-0.2, 0) is 13.1 Å². The Labute approximate surface area is 165 Å². The van der Waals surface area contributed by atoms with Gasteiger partial charge in [0.15, 0.2) is 0 Å². The quantitative estimate of drug-likeness (QED) is 0.748. The second-order valence-electron chi connectivity index (χ2n) is 7.22. The summed E-state index contributed by atoms with van der Waals surface area (Å²) in [5.74, 6) is -0.0768. The summed E-state index contributed by atoms with van der Waals surface area (Å²) in [4.78, 5) is 23.6. The second-order valence-corrected chi connectivity index (χ2v) is 8.17. The number of carbonyl (C=O) groups excluding carboxylic acids is 1. The molecule has 0 unspecified atom stereocenters. The van der Waals surface area contributed by atoms with Gasteiger partial charge in [-0.3, -0.25) is 14.6 Å². The summed E-state index contributed by atoms with van der Waals surface area (Å²) in [7, 11) is 3.99. The number of hydrogen-bond donors (Lipinski definition) is 1. The van der Waals surface area contributed by atoms with Crippen molar-refractivity contribution in [2.75, 3.05) is 53.4 Å². The van der Waals surface area contributed by atoms with E-state index in [9.17, 15) is 4.79 Å². The van der Waals surface area contributed by atoms with Gasteiger partial charge >= 0.3 is 0 Å². The molecule has 2 aromatic rings. The lowest BCUT2D eigenvalue weighted by molar-refractivity contribution is 0.0946. The molecule has 0 aliphatic carbocycles. The number of likely N-dealkylation sites (N-methyl/N-ethyl adjacent to an activating group) is 1. The van der Waals surface area contributed by atoms with Crippen molar-refractivity contribution in [3.63, 3.8) is 0 Å². The Morgan fingerprint density at radius 2 is 1.78 bits per heavy atom. The standard InChI is InChI=1S/C20H29N5OS/c1-23(2)9-8-21-20(26)18-16-27-19(22-18)15-25-12-10-24(11-13-25)14-17-6-4-3-5-7-17/h3-7,16H,8-15H2,1-2H3,(H,21,26). The Kier molecular flexibility index (Phi) is 7.34. The topological polar surface area (TPSA) is 51.7 Å². The van der Waals surface area contributed by atoms with Crippen molar-refractivity contribution in [1.29, 1.82) is 0 Å². The Morgan fingerprint density at radius 1 is 1.11 bits per heavy atom. The van der Waals surface area contributed by atoms with Crippen LogP contribution in [0.3, 0.4) is 0 Å². The first kappa shape index (κ1) is 19.9. The van der Waals surface area contributed by atoms with Crippen LogP contribution >= 0.6 is 11.3 Å². The number of thiazole rings is 1. The zero-order valence-corrected chi connectivity index (χ0v) is 17.0. The number of benzene rings is 1. The molecular formula is C20H29N5OS. The molecule has 6 nitrogen and oxygen atoms in total. The van der Waals surface area contributed by atoms with Gasteiger partial charge in [0, 0.05) is 51.2 Å². The van der Waals surface area contributed by atoms with Crippen molar-refractivity contribution < 1.29 is 4.79 Å². The molecule has 1 N–H and O–H groups in total. The minimum Gasteiger partial charge on any atom is -0.349 e. The smallest absolute Gasteiger partial charge is 0.270 e. The predicted molar refractivity (Wildman–Crippen MR) is 110 cm³/mol. The van der Waals surface area contributed by atoms with E-state index in [0.717, 1.165) is 50.8 Å². The Morgan fingerprint density at radius 3 is 2.44 bits per heavy atom. The fourth-order valence-corrected chi connectivity index (χ4v) is 3.93. The van der Waals surface area contributed by atoms with E-state index >= 15 is 0 Å². The van der Waals surface area contributed by atoms with Crippen molar-refractivity contribution in [3.05, 3.63) is 52.0 Å². The maximum absolute atomic E-state index is 12.1. The van der Waals surface area contributed by atoms with Crippen molar-refractivity contribution in [2.24, 2.45) is 0 Å². The molecule has 1 aliphatic heterocycles. The van der Waals surface area contributed by atoms with Crippen LogP contribution < -0.4 is 5.32 Å². The van der Waals surface area contributed by atoms with Gasteiger partial charge < -0.3 is 10.2 Å². The number of hydrogen-bond acceptors (Lipinski definition) is 6. The number of piperazine rings is 1. The molecule has 0 spiro atoms. The van der Waals surface area contributed by atoms with Crippen LogP contribution in [0.4, 0.5) is 0 Å². The van der Waals surface area contributed by atoms with Crippen molar-refractivity contribution in [3.8, 4) is 0 Å². The van der Waals surface area contributed by atoms with Crippen LogP contribution in [-0.4, -0.2) is 79.0 Å². The second kappa shape index (κ2) is 9.94. The Balaban J connectivity index is 1.41. The molecular weight excluding hydrogens is 358 g/mol. The SMILES string of the molecule is CN(C)CCNC(=O)c1csc(CN2CCN(Cc3ccccc3)CC2)n1. The van der Waals surface area contributed by atoms with E-state index in [1.807, 2.05) is 24.4 Å². The monoisotopic (exact) mass is 387 g/mol. The highest BCUT2D eigenvalue weighted by Crippen LogP contribution is 2.15. The van der Waals surface area contributed by atoms with Gasteiger partial charge in [0.05, 0.1) is 6.54 Å². The van der Waals surface area contributed by atoms with E-state index in [4.69, 9.17) is 0 Å². The average molecular weight is 388 g/mol. The minimum absolute atomic E-state index is 0.0768. The lowest BCUT2D eigenvalue weighted by Crippen LogP contribution is -2.45.